The zero-order chi connectivity index (χ0) is 8.97. The van der Waals surface area contributed by atoms with Crippen molar-refractivity contribution in [1.82, 2.24) is 10.2 Å². The molecule has 0 radical (unpaired) electrons. The molecule has 1 rings (SSSR count). The molecule has 1 saturated heterocycles. The molecule has 1 N–H and O–H groups in total. The molecule has 0 amide bonds. The highest BCUT2D eigenvalue weighted by Gasteiger charge is 2.24. The van der Waals surface area contributed by atoms with Gasteiger partial charge in [-0.1, -0.05) is 0 Å². The maximum absolute atomic E-state index is 11.2. The number of esters is 1. The topological polar surface area (TPSA) is 41.6 Å². The van der Waals surface area contributed by atoms with Gasteiger partial charge in [0, 0.05) is 13.1 Å². The third-order valence-corrected chi connectivity index (χ3v) is 2.24. The van der Waals surface area contributed by atoms with Crippen LogP contribution in [0.1, 0.15) is 6.42 Å². The molecule has 1 unspecified atom stereocenters. The minimum Gasteiger partial charge on any atom is -0.468 e. The summed E-state index contributed by atoms with van der Waals surface area (Å²) in [6.45, 7) is 2.74. The molecule has 0 aliphatic carbocycles. The van der Waals surface area contributed by atoms with Gasteiger partial charge in [0.25, 0.3) is 0 Å². The Morgan fingerprint density at radius 3 is 3.00 bits per heavy atom. The number of likely N-dealkylation sites (N-methyl/N-ethyl adjacent to an activating group) is 1. The van der Waals surface area contributed by atoms with Crippen LogP contribution in [-0.4, -0.2) is 50.7 Å². The van der Waals surface area contributed by atoms with Gasteiger partial charge >= 0.3 is 5.97 Å². The third-order valence-electron chi connectivity index (χ3n) is 2.24. The minimum atomic E-state index is -0.124. The first-order valence-electron chi connectivity index (χ1n) is 4.24. The van der Waals surface area contributed by atoms with E-state index < -0.39 is 0 Å². The molecule has 12 heavy (non-hydrogen) atoms. The highest BCUT2D eigenvalue weighted by molar-refractivity contribution is 5.75. The zero-order valence-corrected chi connectivity index (χ0v) is 7.67. The number of hydrogen-bond acceptors (Lipinski definition) is 4. The van der Waals surface area contributed by atoms with E-state index >= 15 is 0 Å². The van der Waals surface area contributed by atoms with Crippen LogP contribution in [0, 0.1) is 0 Å². The molecular weight excluding hydrogens is 156 g/mol. The van der Waals surface area contributed by atoms with Crippen LogP contribution in [0.4, 0.5) is 0 Å². The summed E-state index contributed by atoms with van der Waals surface area (Å²) in [5.74, 6) is -0.124. The van der Waals surface area contributed by atoms with Gasteiger partial charge in [0.15, 0.2) is 0 Å². The van der Waals surface area contributed by atoms with Crippen LogP contribution < -0.4 is 5.32 Å². The molecule has 0 aromatic rings. The smallest absolute Gasteiger partial charge is 0.323 e. The highest BCUT2D eigenvalue weighted by Crippen LogP contribution is 2.05. The number of ether oxygens (including phenoxy) is 1. The van der Waals surface area contributed by atoms with E-state index in [1.165, 1.54) is 7.11 Å². The van der Waals surface area contributed by atoms with Gasteiger partial charge in [-0.05, 0) is 20.0 Å². The fourth-order valence-corrected chi connectivity index (χ4v) is 1.43. The van der Waals surface area contributed by atoms with Gasteiger partial charge in [-0.15, -0.1) is 0 Å². The second-order valence-electron chi connectivity index (χ2n) is 3.06. The van der Waals surface area contributed by atoms with Gasteiger partial charge in [0.05, 0.1) is 7.11 Å². The van der Waals surface area contributed by atoms with E-state index in [1.54, 1.807) is 0 Å². The molecule has 1 heterocycles. The van der Waals surface area contributed by atoms with Gasteiger partial charge in [0.1, 0.15) is 6.04 Å². The van der Waals surface area contributed by atoms with Gasteiger partial charge in [-0.3, -0.25) is 9.69 Å². The van der Waals surface area contributed by atoms with Crippen molar-refractivity contribution < 1.29 is 9.53 Å². The van der Waals surface area contributed by atoms with E-state index in [0.717, 1.165) is 26.1 Å². The Morgan fingerprint density at radius 2 is 2.33 bits per heavy atom. The van der Waals surface area contributed by atoms with Gasteiger partial charge in [0.2, 0.25) is 0 Å². The second-order valence-corrected chi connectivity index (χ2v) is 3.06. The Balaban J connectivity index is 2.52. The quantitative estimate of drug-likeness (QED) is 0.539. The summed E-state index contributed by atoms with van der Waals surface area (Å²) in [7, 11) is 3.39. The van der Waals surface area contributed by atoms with E-state index in [-0.39, 0.29) is 12.0 Å². The van der Waals surface area contributed by atoms with Gasteiger partial charge < -0.3 is 10.1 Å². The fraction of sp³-hybridized carbons (Fsp3) is 0.875. The number of hydrogen-bond donors (Lipinski definition) is 1. The maximum atomic E-state index is 11.2. The molecule has 0 bridgehead atoms. The molecule has 4 heteroatoms. The minimum absolute atomic E-state index is 0.0648. The zero-order valence-electron chi connectivity index (χ0n) is 7.67. The van der Waals surface area contributed by atoms with Crippen molar-refractivity contribution in [2.45, 2.75) is 12.5 Å². The van der Waals surface area contributed by atoms with Crippen LogP contribution in [0.3, 0.4) is 0 Å². The molecule has 1 fully saturated rings. The Hall–Kier alpha value is -0.610. The van der Waals surface area contributed by atoms with Crippen LogP contribution in [0.25, 0.3) is 0 Å². The number of rotatable bonds is 1. The van der Waals surface area contributed by atoms with E-state index in [0.29, 0.717) is 0 Å². The molecule has 0 saturated carbocycles. The number of methoxy groups -OCH3 is 1. The number of nitrogens with zero attached hydrogens (tertiary/aromatic N) is 1. The lowest BCUT2D eigenvalue weighted by atomic mass is 10.2. The average molecular weight is 172 g/mol. The summed E-state index contributed by atoms with van der Waals surface area (Å²) >= 11 is 0. The van der Waals surface area contributed by atoms with Crippen molar-refractivity contribution >= 4 is 5.97 Å². The van der Waals surface area contributed by atoms with Crippen LogP contribution in [0.2, 0.25) is 0 Å². The monoisotopic (exact) mass is 172 g/mol. The van der Waals surface area contributed by atoms with Crippen LogP contribution in [0.15, 0.2) is 0 Å². The Morgan fingerprint density at radius 1 is 1.58 bits per heavy atom. The van der Waals surface area contributed by atoms with Gasteiger partial charge in [-0.2, -0.15) is 0 Å². The predicted octanol–water partition coefficient (Wildman–Crippen LogP) is -0.547. The van der Waals surface area contributed by atoms with Crippen LogP contribution >= 0.6 is 0 Å². The van der Waals surface area contributed by atoms with Crippen molar-refractivity contribution in [2.24, 2.45) is 0 Å². The first-order chi connectivity index (χ1) is 5.75. The Kier molecular flexibility index (Phi) is 3.49. The number of nitrogens with one attached hydrogen (secondary N) is 1. The summed E-state index contributed by atoms with van der Waals surface area (Å²) in [6, 6.07) is -0.0648. The van der Waals surface area contributed by atoms with Crippen molar-refractivity contribution in [2.75, 3.05) is 33.8 Å². The van der Waals surface area contributed by atoms with Crippen LogP contribution in [-0.2, 0) is 9.53 Å². The predicted molar refractivity (Wildman–Crippen MR) is 45.9 cm³/mol. The lowest BCUT2D eigenvalue weighted by Crippen LogP contribution is -2.39. The molecule has 70 valence electrons. The molecule has 0 aromatic carbocycles. The van der Waals surface area contributed by atoms with Crippen molar-refractivity contribution in [3.8, 4) is 0 Å². The summed E-state index contributed by atoms with van der Waals surface area (Å²) < 4.78 is 4.71. The van der Waals surface area contributed by atoms with E-state index in [1.807, 2.05) is 11.9 Å². The largest absolute Gasteiger partial charge is 0.468 e. The second kappa shape index (κ2) is 4.42. The summed E-state index contributed by atoms with van der Waals surface area (Å²) in [6.07, 6.45) is 0.836. The first-order valence-corrected chi connectivity index (χ1v) is 4.24. The van der Waals surface area contributed by atoms with Gasteiger partial charge in [-0.25, -0.2) is 0 Å². The standard InChI is InChI=1S/C8H16N2O2/c1-10-6-5-9-4-3-7(10)8(11)12-2/h7,9H,3-6H2,1-2H3. The lowest BCUT2D eigenvalue weighted by Gasteiger charge is -2.22. The van der Waals surface area contributed by atoms with Crippen molar-refractivity contribution in [3.05, 3.63) is 0 Å². The lowest BCUT2D eigenvalue weighted by molar-refractivity contribution is -0.146. The SMILES string of the molecule is COC(=O)C1CCNCCN1C. The molecule has 0 spiro atoms. The molecular formula is C8H16N2O2. The van der Waals surface area contributed by atoms with E-state index in [2.05, 4.69) is 5.32 Å². The molecule has 1 aliphatic rings. The van der Waals surface area contributed by atoms with Crippen molar-refractivity contribution in [3.63, 3.8) is 0 Å². The molecule has 0 aromatic heterocycles. The van der Waals surface area contributed by atoms with Crippen molar-refractivity contribution in [1.29, 1.82) is 0 Å². The summed E-state index contributed by atoms with van der Waals surface area (Å²) in [4.78, 5) is 13.3. The highest BCUT2D eigenvalue weighted by atomic mass is 16.5. The van der Waals surface area contributed by atoms with E-state index in [4.69, 9.17) is 4.74 Å². The molecule has 1 aliphatic heterocycles. The number of carbonyl (C=O) groups excluding carboxylic acids is 1. The third kappa shape index (κ3) is 2.19. The molecule has 1 atom stereocenters. The Bertz CT molecular complexity index is 161. The fourth-order valence-electron chi connectivity index (χ4n) is 1.43. The normalized spacial score (nSPS) is 26.3. The van der Waals surface area contributed by atoms with Crippen LogP contribution in [0.5, 0.6) is 0 Å². The number of carbonyl (C=O) groups is 1. The Labute approximate surface area is 72.9 Å². The maximum Gasteiger partial charge on any atom is 0.323 e. The summed E-state index contributed by atoms with van der Waals surface area (Å²) in [5, 5.41) is 3.24. The first kappa shape index (κ1) is 9.48. The molecule has 4 nitrogen and oxygen atoms in total. The summed E-state index contributed by atoms with van der Waals surface area (Å²) in [5.41, 5.74) is 0. The van der Waals surface area contributed by atoms with E-state index in [9.17, 15) is 4.79 Å². The average Bonchev–Trinajstić information content (AvgIpc) is 2.28.